The van der Waals surface area contributed by atoms with Crippen LogP contribution in [0.15, 0.2) is 36.5 Å². The smallest absolute Gasteiger partial charge is 0.251 e. The maximum absolute atomic E-state index is 12.7. The normalized spacial score (nSPS) is 10.9. The number of hydrogen-bond donors (Lipinski definition) is 1. The van der Waals surface area contributed by atoms with Gasteiger partial charge in [-0.15, -0.1) is 0 Å². The van der Waals surface area contributed by atoms with Gasteiger partial charge in [-0.25, -0.2) is 0 Å². The van der Waals surface area contributed by atoms with Crippen molar-refractivity contribution < 1.29 is 4.79 Å². The summed E-state index contributed by atoms with van der Waals surface area (Å²) in [4.78, 5) is 17.0. The van der Waals surface area contributed by atoms with Crippen LogP contribution in [-0.4, -0.2) is 20.7 Å². The van der Waals surface area contributed by atoms with Gasteiger partial charge in [-0.05, 0) is 69.5 Å². The van der Waals surface area contributed by atoms with Crippen molar-refractivity contribution in [3.63, 3.8) is 0 Å². The number of hydrogen-bond acceptors (Lipinski definition) is 3. The van der Waals surface area contributed by atoms with E-state index in [9.17, 15) is 4.79 Å². The largest absolute Gasteiger partial charge is 0.348 e. The van der Waals surface area contributed by atoms with Crippen LogP contribution in [0.1, 0.15) is 45.5 Å². The minimum absolute atomic E-state index is 0.0879. The maximum atomic E-state index is 12.7. The Labute approximate surface area is 160 Å². The van der Waals surface area contributed by atoms with Gasteiger partial charge in [-0.1, -0.05) is 12.1 Å². The average Bonchev–Trinajstić information content (AvgIpc) is 2.94. The zero-order valence-electron chi connectivity index (χ0n) is 16.6. The number of nitrogens with zero attached hydrogens (tertiary/aromatic N) is 3. The zero-order valence-corrected chi connectivity index (χ0v) is 16.6. The molecule has 27 heavy (non-hydrogen) atoms. The Morgan fingerprint density at radius 2 is 1.93 bits per heavy atom. The number of pyridine rings is 1. The highest BCUT2D eigenvalue weighted by molar-refractivity contribution is 5.95. The molecule has 0 aliphatic heterocycles. The summed E-state index contributed by atoms with van der Waals surface area (Å²) < 4.78 is 1.99. The molecule has 3 rings (SSSR count). The van der Waals surface area contributed by atoms with E-state index >= 15 is 0 Å². The van der Waals surface area contributed by atoms with E-state index in [1.54, 1.807) is 0 Å². The molecule has 3 aromatic rings. The van der Waals surface area contributed by atoms with Crippen molar-refractivity contribution in [1.82, 2.24) is 20.1 Å². The first-order chi connectivity index (χ1) is 12.9. The molecule has 5 heteroatoms. The molecule has 2 aromatic heterocycles. The lowest BCUT2D eigenvalue weighted by molar-refractivity contribution is 0.0951. The van der Waals surface area contributed by atoms with Crippen LogP contribution in [0.3, 0.4) is 0 Å². The Morgan fingerprint density at radius 3 is 2.59 bits per heavy atom. The lowest BCUT2D eigenvalue weighted by Gasteiger charge is -2.10. The van der Waals surface area contributed by atoms with Crippen molar-refractivity contribution in [2.75, 3.05) is 0 Å². The minimum Gasteiger partial charge on any atom is -0.348 e. The molecule has 0 radical (unpaired) electrons. The van der Waals surface area contributed by atoms with E-state index in [0.717, 1.165) is 45.9 Å². The van der Waals surface area contributed by atoms with Gasteiger partial charge in [0.1, 0.15) is 0 Å². The number of benzene rings is 1. The molecule has 0 aliphatic carbocycles. The summed E-state index contributed by atoms with van der Waals surface area (Å²) in [5.74, 6) is -0.0879. The molecular weight excluding hydrogens is 336 g/mol. The fourth-order valence-corrected chi connectivity index (χ4v) is 3.43. The third-order valence-electron chi connectivity index (χ3n) is 4.89. The van der Waals surface area contributed by atoms with Gasteiger partial charge in [-0.3, -0.25) is 14.5 Å². The Morgan fingerprint density at radius 1 is 1.15 bits per heavy atom. The van der Waals surface area contributed by atoms with E-state index in [1.807, 2.05) is 62.0 Å². The van der Waals surface area contributed by atoms with Crippen LogP contribution < -0.4 is 5.32 Å². The monoisotopic (exact) mass is 362 g/mol. The maximum Gasteiger partial charge on any atom is 0.251 e. The van der Waals surface area contributed by atoms with E-state index in [4.69, 9.17) is 0 Å². The topological polar surface area (TPSA) is 59.8 Å². The molecule has 0 bridgehead atoms. The molecule has 5 nitrogen and oxygen atoms in total. The molecular formula is C22H26N4O. The SMILES string of the molecule is CCn1nc(C)c(-c2cccc(C(=O)NCc3cnc(C)cc3C)c2)c1C. The van der Waals surface area contributed by atoms with Crippen molar-refractivity contribution in [3.8, 4) is 11.1 Å². The zero-order chi connectivity index (χ0) is 19.6. The van der Waals surface area contributed by atoms with Crippen LogP contribution in [0.2, 0.25) is 0 Å². The highest BCUT2D eigenvalue weighted by Crippen LogP contribution is 2.27. The van der Waals surface area contributed by atoms with E-state index in [-0.39, 0.29) is 5.91 Å². The number of aromatic nitrogens is 3. The van der Waals surface area contributed by atoms with E-state index in [2.05, 4.69) is 29.2 Å². The first kappa shape index (κ1) is 18.8. The van der Waals surface area contributed by atoms with Gasteiger partial charge >= 0.3 is 0 Å². The van der Waals surface area contributed by atoms with Gasteiger partial charge in [0.15, 0.2) is 0 Å². The second-order valence-electron chi connectivity index (χ2n) is 6.88. The van der Waals surface area contributed by atoms with Crippen LogP contribution in [-0.2, 0) is 13.1 Å². The van der Waals surface area contributed by atoms with E-state index in [1.165, 1.54) is 0 Å². The first-order valence-corrected chi connectivity index (χ1v) is 9.25. The van der Waals surface area contributed by atoms with Crippen molar-refractivity contribution in [2.24, 2.45) is 0 Å². The molecule has 0 fully saturated rings. The number of aryl methyl sites for hydroxylation is 4. The number of carbonyl (C=O) groups is 1. The summed E-state index contributed by atoms with van der Waals surface area (Å²) in [6, 6.07) is 9.76. The Hall–Kier alpha value is -2.95. The Balaban J connectivity index is 1.81. The molecule has 140 valence electrons. The second kappa shape index (κ2) is 7.74. The van der Waals surface area contributed by atoms with Crippen molar-refractivity contribution in [1.29, 1.82) is 0 Å². The van der Waals surface area contributed by atoms with Gasteiger partial charge < -0.3 is 5.32 Å². The molecule has 0 atom stereocenters. The molecule has 0 aliphatic rings. The highest BCUT2D eigenvalue weighted by atomic mass is 16.1. The Kier molecular flexibility index (Phi) is 5.40. The van der Waals surface area contributed by atoms with E-state index in [0.29, 0.717) is 12.1 Å². The molecule has 0 unspecified atom stereocenters. The van der Waals surface area contributed by atoms with Gasteiger partial charge in [0.2, 0.25) is 0 Å². The minimum atomic E-state index is -0.0879. The summed E-state index contributed by atoms with van der Waals surface area (Å²) >= 11 is 0. The molecule has 1 aromatic carbocycles. The first-order valence-electron chi connectivity index (χ1n) is 9.25. The summed E-state index contributed by atoms with van der Waals surface area (Å²) in [5.41, 5.74) is 8.01. The van der Waals surface area contributed by atoms with Gasteiger partial charge in [-0.2, -0.15) is 5.10 Å². The molecule has 0 spiro atoms. The van der Waals surface area contributed by atoms with Crippen molar-refractivity contribution in [2.45, 2.75) is 47.7 Å². The van der Waals surface area contributed by atoms with Crippen LogP contribution in [0.5, 0.6) is 0 Å². The second-order valence-corrected chi connectivity index (χ2v) is 6.88. The molecule has 0 saturated carbocycles. The quantitative estimate of drug-likeness (QED) is 0.742. The van der Waals surface area contributed by atoms with Gasteiger partial charge in [0, 0.05) is 41.8 Å². The molecule has 1 N–H and O–H groups in total. The lowest BCUT2D eigenvalue weighted by Crippen LogP contribution is -2.23. The summed E-state index contributed by atoms with van der Waals surface area (Å²) in [7, 11) is 0. The lowest BCUT2D eigenvalue weighted by atomic mass is 10.0. The molecule has 0 saturated heterocycles. The standard InChI is InChI=1S/C22H26N4O/c1-6-26-17(5)21(16(4)25-26)18-8-7-9-19(11-18)22(27)24-13-20-12-23-15(3)10-14(20)2/h7-12H,6,13H2,1-5H3,(H,24,27). The van der Waals surface area contributed by atoms with Crippen LogP contribution in [0.25, 0.3) is 11.1 Å². The summed E-state index contributed by atoms with van der Waals surface area (Å²) in [6.07, 6.45) is 1.83. The van der Waals surface area contributed by atoms with Crippen LogP contribution in [0.4, 0.5) is 0 Å². The summed E-state index contributed by atoms with van der Waals surface area (Å²) in [5, 5.41) is 7.58. The Bertz CT molecular complexity index is 988. The fraction of sp³-hybridized carbons (Fsp3) is 0.318. The van der Waals surface area contributed by atoms with Crippen molar-refractivity contribution >= 4 is 5.91 Å². The number of amides is 1. The number of carbonyl (C=O) groups excluding carboxylic acids is 1. The number of rotatable bonds is 5. The predicted molar refractivity (Wildman–Crippen MR) is 108 cm³/mol. The van der Waals surface area contributed by atoms with Crippen LogP contribution >= 0.6 is 0 Å². The van der Waals surface area contributed by atoms with E-state index < -0.39 is 0 Å². The van der Waals surface area contributed by atoms with Gasteiger partial charge in [0.25, 0.3) is 5.91 Å². The van der Waals surface area contributed by atoms with Crippen molar-refractivity contribution in [3.05, 3.63) is 70.3 Å². The third-order valence-corrected chi connectivity index (χ3v) is 4.89. The predicted octanol–water partition coefficient (Wildman–Crippen LogP) is 4.13. The molecule has 1 amide bonds. The molecule has 2 heterocycles. The highest BCUT2D eigenvalue weighted by Gasteiger charge is 2.14. The average molecular weight is 362 g/mol. The number of nitrogens with one attached hydrogen (secondary N) is 1. The van der Waals surface area contributed by atoms with Crippen LogP contribution in [0, 0.1) is 27.7 Å². The van der Waals surface area contributed by atoms with Gasteiger partial charge in [0.05, 0.1) is 5.69 Å². The summed E-state index contributed by atoms with van der Waals surface area (Å²) in [6.45, 7) is 11.5. The third kappa shape index (κ3) is 3.92. The fourth-order valence-electron chi connectivity index (χ4n) is 3.43.